The van der Waals surface area contributed by atoms with Gasteiger partial charge >= 0.3 is 0 Å². The molecule has 4 aliphatic rings. The maximum absolute atomic E-state index is 3.36. The molecule has 0 unspecified atom stereocenters. The molecule has 0 nitrogen and oxygen atoms in total. The molecular formula is C70H152. The molecule has 0 saturated heterocycles. The first-order valence-corrected chi connectivity index (χ1v) is 31.1. The third kappa shape index (κ3) is 73.5. The molecule has 0 bridgehead atoms. The summed E-state index contributed by atoms with van der Waals surface area (Å²) in [4.78, 5) is 0. The van der Waals surface area contributed by atoms with Crippen LogP contribution in [0.1, 0.15) is 351 Å². The zero-order chi connectivity index (χ0) is 58.4. The number of benzene rings is 1. The Balaban J connectivity index is -0.0000000721. The highest BCUT2D eigenvalue weighted by Crippen LogP contribution is 2.44. The van der Waals surface area contributed by atoms with Crippen molar-refractivity contribution < 1.29 is 0 Å². The van der Waals surface area contributed by atoms with Crippen molar-refractivity contribution in [3.8, 4) is 0 Å². The summed E-state index contributed by atoms with van der Waals surface area (Å²) >= 11 is 0. The van der Waals surface area contributed by atoms with E-state index in [1.807, 2.05) is 104 Å². The molecule has 0 heterocycles. The van der Waals surface area contributed by atoms with E-state index in [-0.39, 0.29) is 0 Å². The van der Waals surface area contributed by atoms with Crippen LogP contribution in [0, 0.1) is 57.2 Å². The molecule has 432 valence electrons. The van der Waals surface area contributed by atoms with Crippen molar-refractivity contribution in [2.24, 2.45) is 57.2 Å². The first kappa shape index (κ1) is 91.6. The van der Waals surface area contributed by atoms with Crippen molar-refractivity contribution in [1.82, 2.24) is 0 Å². The van der Waals surface area contributed by atoms with Gasteiger partial charge in [0.1, 0.15) is 0 Å². The second-order valence-corrected chi connectivity index (χ2v) is 24.2. The predicted octanol–water partition coefficient (Wildman–Crippen LogP) is 27.2. The molecule has 0 aromatic heterocycles. The Bertz CT molecular complexity index is 981. The minimum atomic E-state index is 0.293. The summed E-state index contributed by atoms with van der Waals surface area (Å²) in [6.45, 7) is 81.3. The van der Waals surface area contributed by atoms with Gasteiger partial charge in [-0.25, -0.2) is 0 Å². The van der Waals surface area contributed by atoms with Crippen molar-refractivity contribution in [3.63, 3.8) is 0 Å². The lowest BCUT2D eigenvalue weighted by molar-refractivity contribution is 0.141. The van der Waals surface area contributed by atoms with Crippen molar-refractivity contribution in [2.75, 3.05) is 0 Å². The third-order valence-corrected chi connectivity index (χ3v) is 12.0. The normalized spacial score (nSPS) is 14.8. The van der Waals surface area contributed by atoms with Crippen LogP contribution in [0.3, 0.4) is 0 Å². The molecule has 0 radical (unpaired) electrons. The van der Waals surface area contributed by atoms with E-state index in [1.165, 1.54) is 102 Å². The Morgan fingerprint density at radius 1 is 0.400 bits per heavy atom. The number of rotatable bonds is 1. The van der Waals surface area contributed by atoms with Gasteiger partial charge in [0.15, 0.2) is 0 Å². The van der Waals surface area contributed by atoms with Crippen LogP contribution in [0.5, 0.6) is 0 Å². The fourth-order valence-corrected chi connectivity index (χ4v) is 6.92. The van der Waals surface area contributed by atoms with Crippen LogP contribution < -0.4 is 0 Å². The molecule has 0 aliphatic heterocycles. The fraction of sp³-hybridized carbons (Fsp3) is 0.886. The van der Waals surface area contributed by atoms with Gasteiger partial charge in [-0.15, -0.1) is 6.58 Å². The summed E-state index contributed by atoms with van der Waals surface area (Å²) in [7, 11) is 0. The van der Waals surface area contributed by atoms with Gasteiger partial charge in [0.25, 0.3) is 0 Å². The Morgan fingerprint density at radius 3 is 0.686 bits per heavy atom. The minimum Gasteiger partial charge on any atom is -0.103 e. The molecule has 5 rings (SSSR count). The Kier molecular flexibility index (Phi) is 79.2. The van der Waals surface area contributed by atoms with Crippen LogP contribution in [-0.2, 0) is 5.41 Å². The lowest BCUT2D eigenvalue weighted by Gasteiger charge is -2.37. The van der Waals surface area contributed by atoms with E-state index in [0.717, 1.165) is 35.5 Å². The van der Waals surface area contributed by atoms with E-state index < -0.39 is 0 Å². The number of hydrogen-bond donors (Lipinski definition) is 0. The molecule has 4 fully saturated rings. The molecule has 1 aromatic carbocycles. The summed E-state index contributed by atoms with van der Waals surface area (Å²) in [5.41, 5.74) is 4.05. The summed E-state index contributed by atoms with van der Waals surface area (Å²) < 4.78 is 0. The zero-order valence-electron chi connectivity index (χ0n) is 57.2. The SMILES string of the molecule is C=CC.CC.CC.CC.CC.CC.CC.CC.CC(C)(C)C1CC1.CC(C)(C)C1CCC1.CC(C)(C)C1CCCC1.CC(C)(C)C1CCCCC1.CC(C)(C)c1ccccc1.CC(C)C.CCC(C)C. The molecule has 0 amide bonds. The van der Waals surface area contributed by atoms with Gasteiger partial charge in [-0.1, -0.05) is 324 Å². The van der Waals surface area contributed by atoms with E-state index in [9.17, 15) is 0 Å². The van der Waals surface area contributed by atoms with Gasteiger partial charge in [0.2, 0.25) is 0 Å². The van der Waals surface area contributed by atoms with E-state index in [1.54, 1.807) is 6.08 Å². The summed E-state index contributed by atoms with van der Waals surface area (Å²) in [5.74, 6) is 5.81. The fourth-order valence-electron chi connectivity index (χ4n) is 6.92. The van der Waals surface area contributed by atoms with Gasteiger partial charge in [-0.3, -0.25) is 0 Å². The quantitative estimate of drug-likeness (QED) is 0.246. The lowest BCUT2D eigenvalue weighted by atomic mass is 9.69. The van der Waals surface area contributed by atoms with Crippen molar-refractivity contribution in [3.05, 3.63) is 48.6 Å². The van der Waals surface area contributed by atoms with Crippen molar-refractivity contribution >= 4 is 0 Å². The minimum absolute atomic E-state index is 0.293. The van der Waals surface area contributed by atoms with Crippen LogP contribution >= 0.6 is 0 Å². The molecule has 4 saturated carbocycles. The van der Waals surface area contributed by atoms with Crippen molar-refractivity contribution in [2.45, 2.75) is 351 Å². The van der Waals surface area contributed by atoms with Gasteiger partial charge in [-0.2, -0.15) is 0 Å². The standard InChI is InChI=1S/C10H20.C10H14.C9H18.C8H16.C7H14.C5H12.C4H10.C3H6.7C2H6/c2*1-10(2,3)9-7-5-4-6-8-9;1-9(2,3)8-6-4-5-7-8;1-8(2,3)7-5-4-6-7;1-7(2,3)6-4-5-6;1-4-5(2)3;1-4(2)3;1-3-2;7*1-2/h9H,4-8H2,1-3H3;4-8H,1-3H3;8H,4-7H2,1-3H3;7H,4-6H2,1-3H3;6H,4-5H2,1-3H3;5H,4H2,1-3H3;4H,1-3H3;3H,1H2,2H3;7*1-2H3. The molecule has 4 aliphatic carbocycles. The van der Waals surface area contributed by atoms with Crippen LogP contribution in [0.4, 0.5) is 0 Å². The number of allylic oxidation sites excluding steroid dienone is 1. The van der Waals surface area contributed by atoms with Crippen LogP contribution in [0.2, 0.25) is 0 Å². The molecule has 0 spiro atoms. The largest absolute Gasteiger partial charge is 0.103 e. The van der Waals surface area contributed by atoms with Crippen LogP contribution in [0.25, 0.3) is 0 Å². The smallest absolute Gasteiger partial charge is 0.0132 e. The highest BCUT2D eigenvalue weighted by molar-refractivity contribution is 5.22. The molecule has 0 N–H and O–H groups in total. The van der Waals surface area contributed by atoms with Crippen LogP contribution in [-0.4, -0.2) is 0 Å². The maximum atomic E-state index is 3.36. The van der Waals surface area contributed by atoms with Crippen LogP contribution in [0.15, 0.2) is 43.0 Å². The van der Waals surface area contributed by atoms with E-state index in [2.05, 4.69) is 182 Å². The van der Waals surface area contributed by atoms with E-state index in [4.69, 9.17) is 0 Å². The van der Waals surface area contributed by atoms with E-state index >= 15 is 0 Å². The Morgan fingerprint density at radius 2 is 0.586 bits per heavy atom. The van der Waals surface area contributed by atoms with Gasteiger partial charge < -0.3 is 0 Å². The number of hydrogen-bond acceptors (Lipinski definition) is 0. The summed E-state index contributed by atoms with van der Waals surface area (Å²) in [5, 5.41) is 0. The topological polar surface area (TPSA) is 0 Å². The first-order valence-electron chi connectivity index (χ1n) is 31.1. The molecule has 0 heteroatoms. The molecule has 70 heavy (non-hydrogen) atoms. The Hall–Kier alpha value is -1.04. The second kappa shape index (κ2) is 60.5. The third-order valence-electron chi connectivity index (χ3n) is 12.0. The summed E-state index contributed by atoms with van der Waals surface area (Å²) in [6.07, 6.45) is 23.7. The van der Waals surface area contributed by atoms with Gasteiger partial charge in [0.05, 0.1) is 0 Å². The Labute approximate surface area is 454 Å². The average molecular weight is 994 g/mol. The monoisotopic (exact) mass is 993 g/mol. The first-order chi connectivity index (χ1) is 32.4. The molecule has 0 atom stereocenters. The second-order valence-electron chi connectivity index (χ2n) is 24.2. The van der Waals surface area contributed by atoms with Gasteiger partial charge in [-0.05, 0) is 126 Å². The zero-order valence-corrected chi connectivity index (χ0v) is 57.2. The molecular weight excluding hydrogens is 841 g/mol. The summed E-state index contributed by atoms with van der Waals surface area (Å²) in [6, 6.07) is 10.6. The van der Waals surface area contributed by atoms with E-state index in [0.29, 0.717) is 27.1 Å². The maximum Gasteiger partial charge on any atom is -0.0132 e. The van der Waals surface area contributed by atoms with Gasteiger partial charge in [0, 0.05) is 0 Å². The molecule has 1 aromatic rings. The highest BCUT2D eigenvalue weighted by Gasteiger charge is 2.33. The lowest BCUT2D eigenvalue weighted by Crippen LogP contribution is -2.26. The average Bonchev–Trinajstić information content (AvgIpc) is 4.02. The predicted molar refractivity (Wildman–Crippen MR) is 343 cm³/mol. The van der Waals surface area contributed by atoms with Crippen molar-refractivity contribution in [1.29, 1.82) is 0 Å². The highest BCUT2D eigenvalue weighted by atomic mass is 14.4.